The van der Waals surface area contributed by atoms with Crippen LogP contribution in [0.25, 0.3) is 16.6 Å². The van der Waals surface area contributed by atoms with Gasteiger partial charge in [-0.25, -0.2) is 15.0 Å². The Bertz CT molecular complexity index is 1460. The number of hydrogen-bond donors (Lipinski definition) is 2. The summed E-state index contributed by atoms with van der Waals surface area (Å²) in [5.74, 6) is 1.16. The largest absolute Gasteiger partial charge is 0.382 e. The highest BCUT2D eigenvalue weighted by atomic mass is 35.5. The average Bonchev–Trinajstić information content (AvgIpc) is 2.74. The van der Waals surface area contributed by atoms with E-state index in [2.05, 4.69) is 20.3 Å². The number of aromatic nitrogens is 5. The van der Waals surface area contributed by atoms with E-state index in [9.17, 15) is 10.1 Å². The van der Waals surface area contributed by atoms with Crippen LogP contribution in [0.2, 0.25) is 5.02 Å². The molecule has 0 bridgehead atoms. The van der Waals surface area contributed by atoms with Crippen LogP contribution in [0.1, 0.15) is 35.7 Å². The first-order valence-electron chi connectivity index (χ1n) is 9.74. The maximum Gasteiger partial charge on any atom is 0.267 e. The lowest BCUT2D eigenvalue weighted by atomic mass is 10.1. The van der Waals surface area contributed by atoms with Crippen molar-refractivity contribution >= 4 is 34.1 Å². The fraction of sp³-hybridized carbons (Fsp3) is 0.182. The quantitative estimate of drug-likeness (QED) is 0.486. The summed E-state index contributed by atoms with van der Waals surface area (Å²) >= 11 is 6.35. The molecule has 1 aromatic carbocycles. The van der Waals surface area contributed by atoms with E-state index in [4.69, 9.17) is 22.3 Å². The van der Waals surface area contributed by atoms with Crippen molar-refractivity contribution in [3.05, 3.63) is 74.8 Å². The lowest BCUT2D eigenvalue weighted by Crippen LogP contribution is -2.28. The predicted octanol–water partition coefficient (Wildman–Crippen LogP) is 3.47. The zero-order valence-electron chi connectivity index (χ0n) is 17.6. The van der Waals surface area contributed by atoms with E-state index in [1.54, 1.807) is 37.5 Å². The third-order valence-corrected chi connectivity index (χ3v) is 5.34. The number of fused-ring (bicyclic) bond motifs is 1. The number of nitrogens with one attached hydrogen (secondary N) is 1. The third-order valence-electron chi connectivity index (χ3n) is 5.03. The molecule has 3 N–H and O–H groups in total. The van der Waals surface area contributed by atoms with E-state index in [0.717, 1.165) is 5.56 Å². The van der Waals surface area contributed by atoms with Gasteiger partial charge in [0.05, 0.1) is 33.9 Å². The molecular formula is C22H19ClN8O. The number of aryl methyl sites for hydroxylation is 2. The highest BCUT2D eigenvalue weighted by Gasteiger charge is 2.22. The number of nitrogens with zero attached hydrogens (tertiary/aromatic N) is 6. The minimum Gasteiger partial charge on any atom is -0.382 e. The van der Waals surface area contributed by atoms with Crippen LogP contribution >= 0.6 is 11.6 Å². The first kappa shape index (κ1) is 21.2. The van der Waals surface area contributed by atoms with Crippen molar-refractivity contribution in [2.24, 2.45) is 0 Å². The summed E-state index contributed by atoms with van der Waals surface area (Å²) < 4.78 is 1.48. The number of benzene rings is 1. The first-order chi connectivity index (χ1) is 15.3. The van der Waals surface area contributed by atoms with E-state index >= 15 is 0 Å². The minimum absolute atomic E-state index is 0.0773. The molecule has 3 aromatic heterocycles. The average molecular weight is 447 g/mol. The Balaban J connectivity index is 1.97. The van der Waals surface area contributed by atoms with Gasteiger partial charge in [0.25, 0.3) is 5.56 Å². The summed E-state index contributed by atoms with van der Waals surface area (Å²) in [4.78, 5) is 30.9. The number of nitriles is 1. The van der Waals surface area contributed by atoms with E-state index in [0.29, 0.717) is 33.3 Å². The van der Waals surface area contributed by atoms with Crippen molar-refractivity contribution in [3.8, 4) is 11.8 Å². The normalized spacial score (nSPS) is 11.8. The standard InChI is InChI=1S/C22H19ClN8O/c1-11-7-8-26-10-17(11)31-21(30-16-6-4-5-15(23)18(16)22(31)32)12(2)27-20-14(9-24)19(25)28-13(3)29-20/h4-8,10,12H,1-3H3,(H3,25,27,28,29)/t12-/m0/s1. The molecule has 4 aromatic rings. The van der Waals surface area contributed by atoms with Crippen LogP contribution in [-0.4, -0.2) is 24.5 Å². The maximum absolute atomic E-state index is 13.6. The summed E-state index contributed by atoms with van der Waals surface area (Å²) in [7, 11) is 0. The molecule has 0 saturated carbocycles. The van der Waals surface area contributed by atoms with Gasteiger partial charge in [0.2, 0.25) is 0 Å². The second kappa shape index (κ2) is 8.24. The van der Waals surface area contributed by atoms with Gasteiger partial charge >= 0.3 is 0 Å². The van der Waals surface area contributed by atoms with Crippen molar-refractivity contribution in [3.63, 3.8) is 0 Å². The molecule has 0 saturated heterocycles. The van der Waals surface area contributed by atoms with Gasteiger partial charge in [-0.3, -0.25) is 14.3 Å². The summed E-state index contributed by atoms with van der Waals surface area (Å²) in [6.07, 6.45) is 3.25. The van der Waals surface area contributed by atoms with E-state index < -0.39 is 6.04 Å². The smallest absolute Gasteiger partial charge is 0.267 e. The minimum atomic E-state index is -0.536. The molecule has 0 amide bonds. The molecule has 0 unspecified atom stereocenters. The SMILES string of the molecule is Cc1nc(N)c(C#N)c(N[C@@H](C)c2nc3cccc(Cl)c3c(=O)n2-c2cnccc2C)n1. The van der Waals surface area contributed by atoms with E-state index in [1.165, 1.54) is 4.57 Å². The number of anilines is 2. The van der Waals surface area contributed by atoms with Gasteiger partial charge in [0.1, 0.15) is 29.1 Å². The highest BCUT2D eigenvalue weighted by molar-refractivity contribution is 6.35. The number of nitrogens with two attached hydrogens (primary N) is 1. The second-order valence-electron chi connectivity index (χ2n) is 7.26. The van der Waals surface area contributed by atoms with Gasteiger partial charge in [-0.1, -0.05) is 17.7 Å². The zero-order chi connectivity index (χ0) is 23.0. The predicted molar refractivity (Wildman–Crippen MR) is 123 cm³/mol. The Labute approximate surface area is 188 Å². The molecule has 0 aliphatic rings. The van der Waals surface area contributed by atoms with E-state index in [1.807, 2.05) is 26.0 Å². The summed E-state index contributed by atoms with van der Waals surface area (Å²) in [6.45, 7) is 5.37. The first-order valence-corrected chi connectivity index (χ1v) is 10.1. The van der Waals surface area contributed by atoms with Gasteiger partial charge in [-0.05, 0) is 44.5 Å². The lowest BCUT2D eigenvalue weighted by molar-refractivity contribution is 0.726. The summed E-state index contributed by atoms with van der Waals surface area (Å²) in [5.41, 5.74) is 7.57. The van der Waals surface area contributed by atoms with Crippen molar-refractivity contribution in [1.82, 2.24) is 24.5 Å². The van der Waals surface area contributed by atoms with Gasteiger partial charge in [-0.15, -0.1) is 0 Å². The van der Waals surface area contributed by atoms with E-state index in [-0.39, 0.29) is 22.8 Å². The van der Waals surface area contributed by atoms with Gasteiger partial charge < -0.3 is 11.1 Å². The zero-order valence-corrected chi connectivity index (χ0v) is 18.3. The van der Waals surface area contributed by atoms with Crippen LogP contribution in [0.3, 0.4) is 0 Å². The summed E-state index contributed by atoms with van der Waals surface area (Å²) in [5, 5.41) is 13.3. The number of rotatable bonds is 4. The van der Waals surface area contributed by atoms with Crippen molar-refractivity contribution in [1.29, 1.82) is 5.26 Å². The Morgan fingerprint density at radius 2 is 2.00 bits per heavy atom. The molecular weight excluding hydrogens is 428 g/mol. The monoisotopic (exact) mass is 446 g/mol. The fourth-order valence-corrected chi connectivity index (χ4v) is 3.75. The fourth-order valence-electron chi connectivity index (χ4n) is 3.50. The topological polar surface area (TPSA) is 135 Å². The Morgan fingerprint density at radius 1 is 1.22 bits per heavy atom. The molecule has 0 spiro atoms. The molecule has 0 aliphatic heterocycles. The Hall–Kier alpha value is -4.03. The molecule has 10 heteroatoms. The molecule has 1 atom stereocenters. The van der Waals surface area contributed by atoms with Gasteiger partial charge in [-0.2, -0.15) is 5.26 Å². The maximum atomic E-state index is 13.6. The Morgan fingerprint density at radius 3 is 2.72 bits per heavy atom. The van der Waals surface area contributed by atoms with Crippen molar-refractivity contribution in [2.45, 2.75) is 26.8 Å². The number of pyridine rings is 1. The van der Waals surface area contributed by atoms with Gasteiger partial charge in [0, 0.05) is 6.20 Å². The van der Waals surface area contributed by atoms with Crippen LogP contribution in [-0.2, 0) is 0 Å². The lowest BCUT2D eigenvalue weighted by Gasteiger charge is -2.21. The number of halogens is 1. The molecule has 0 fully saturated rings. The van der Waals surface area contributed by atoms with Crippen LogP contribution in [0.4, 0.5) is 11.6 Å². The summed E-state index contributed by atoms with van der Waals surface area (Å²) in [6, 6.07) is 8.41. The molecule has 160 valence electrons. The van der Waals surface area contributed by atoms with Crippen LogP contribution in [0.5, 0.6) is 0 Å². The molecule has 32 heavy (non-hydrogen) atoms. The van der Waals surface area contributed by atoms with Crippen molar-refractivity contribution in [2.75, 3.05) is 11.1 Å². The molecule has 0 radical (unpaired) electrons. The highest BCUT2D eigenvalue weighted by Crippen LogP contribution is 2.27. The molecule has 3 heterocycles. The van der Waals surface area contributed by atoms with Crippen LogP contribution in [0, 0.1) is 25.2 Å². The second-order valence-corrected chi connectivity index (χ2v) is 7.67. The Kier molecular flexibility index (Phi) is 5.47. The molecule has 0 aliphatic carbocycles. The number of hydrogen-bond acceptors (Lipinski definition) is 8. The van der Waals surface area contributed by atoms with Crippen molar-refractivity contribution < 1.29 is 0 Å². The van der Waals surface area contributed by atoms with Crippen LogP contribution in [0.15, 0.2) is 41.5 Å². The molecule has 9 nitrogen and oxygen atoms in total. The van der Waals surface area contributed by atoms with Crippen LogP contribution < -0.4 is 16.6 Å². The molecule has 4 rings (SSSR count). The van der Waals surface area contributed by atoms with Gasteiger partial charge in [0.15, 0.2) is 5.82 Å². The number of nitrogen functional groups attached to an aromatic ring is 1. The third kappa shape index (κ3) is 3.61.